The number of hydrogen-bond acceptors (Lipinski definition) is 3. The largest absolute Gasteiger partial charge is 0.490 e. The van der Waals surface area contributed by atoms with Crippen LogP contribution in [0.1, 0.15) is 53.5 Å². The van der Waals surface area contributed by atoms with Gasteiger partial charge in [-0.1, -0.05) is 6.92 Å². The fraction of sp³-hybridized carbons (Fsp3) is 0.647. The lowest BCUT2D eigenvalue weighted by Crippen LogP contribution is -2.37. The van der Waals surface area contributed by atoms with Crippen molar-refractivity contribution in [3.63, 3.8) is 0 Å². The van der Waals surface area contributed by atoms with Crippen LogP contribution < -0.4 is 14.8 Å². The maximum absolute atomic E-state index is 5.86. The van der Waals surface area contributed by atoms with Gasteiger partial charge in [0.05, 0.1) is 17.2 Å². The summed E-state index contributed by atoms with van der Waals surface area (Å²) in [6.07, 6.45) is 1.20. The Balaban J connectivity index is 2.97. The normalized spacial score (nSPS) is 11.8. The number of halogens is 1. The van der Waals surface area contributed by atoms with Crippen molar-refractivity contribution < 1.29 is 9.47 Å². The average Bonchev–Trinajstić information content (AvgIpc) is 2.40. The van der Waals surface area contributed by atoms with Gasteiger partial charge in [-0.25, -0.2) is 0 Å². The fourth-order valence-electron chi connectivity index (χ4n) is 1.80. The molecule has 120 valence electrons. The molecule has 3 nitrogen and oxygen atoms in total. The highest BCUT2D eigenvalue weighted by Crippen LogP contribution is 2.37. The van der Waals surface area contributed by atoms with Gasteiger partial charge >= 0.3 is 0 Å². The molecule has 0 radical (unpaired) electrons. The smallest absolute Gasteiger partial charge is 0.175 e. The molecule has 0 atom stereocenters. The zero-order chi connectivity index (χ0) is 16.0. The Hall–Kier alpha value is -0.740. The minimum absolute atomic E-state index is 0.114. The molecule has 0 amide bonds. The van der Waals surface area contributed by atoms with Crippen molar-refractivity contribution >= 4 is 15.9 Å². The third kappa shape index (κ3) is 5.87. The molecule has 0 spiro atoms. The van der Waals surface area contributed by atoms with Crippen molar-refractivity contribution in [3.8, 4) is 11.5 Å². The van der Waals surface area contributed by atoms with Crippen LogP contribution >= 0.6 is 15.9 Å². The minimum atomic E-state index is 0.114. The second kappa shape index (κ2) is 8.04. The van der Waals surface area contributed by atoms with Crippen LogP contribution in [0.5, 0.6) is 11.5 Å². The molecule has 21 heavy (non-hydrogen) atoms. The van der Waals surface area contributed by atoms with Crippen molar-refractivity contribution in [2.24, 2.45) is 0 Å². The monoisotopic (exact) mass is 357 g/mol. The Kier molecular flexibility index (Phi) is 7.01. The van der Waals surface area contributed by atoms with Crippen LogP contribution in [0.25, 0.3) is 0 Å². The molecule has 0 saturated heterocycles. The molecule has 4 heteroatoms. The summed E-state index contributed by atoms with van der Waals surface area (Å²) < 4.78 is 12.5. The molecule has 0 bridgehead atoms. The van der Waals surface area contributed by atoms with Crippen LogP contribution in [-0.2, 0) is 6.54 Å². The molecule has 1 aromatic carbocycles. The first-order valence-corrected chi connectivity index (χ1v) is 8.45. The Morgan fingerprint density at radius 3 is 2.43 bits per heavy atom. The zero-order valence-corrected chi connectivity index (χ0v) is 15.6. The van der Waals surface area contributed by atoms with Crippen LogP contribution in [0.3, 0.4) is 0 Å². The van der Waals surface area contributed by atoms with Gasteiger partial charge in [0.25, 0.3) is 0 Å². The Morgan fingerprint density at radius 2 is 1.90 bits per heavy atom. The highest BCUT2D eigenvalue weighted by Gasteiger charge is 2.16. The predicted molar refractivity (Wildman–Crippen MR) is 92.3 cm³/mol. The van der Waals surface area contributed by atoms with Crippen molar-refractivity contribution in [1.82, 2.24) is 5.32 Å². The number of nitrogens with one attached hydrogen (secondary N) is 1. The molecular formula is C17H28BrNO2. The second-order valence-electron chi connectivity index (χ2n) is 6.10. The Labute approximate surface area is 137 Å². The summed E-state index contributed by atoms with van der Waals surface area (Å²) in [6.45, 7) is 14.1. The van der Waals surface area contributed by atoms with Gasteiger partial charge in [0.1, 0.15) is 0 Å². The molecule has 0 aliphatic carbocycles. The van der Waals surface area contributed by atoms with Gasteiger partial charge in [0, 0.05) is 12.1 Å². The SMILES string of the molecule is CCOc1cc(CNC(C)(C)CC)cc(Br)c1OC(C)C. The van der Waals surface area contributed by atoms with E-state index in [1.165, 1.54) is 5.56 Å². The number of ether oxygens (including phenoxy) is 2. The topological polar surface area (TPSA) is 30.5 Å². The molecule has 0 aliphatic heterocycles. The Bertz CT molecular complexity index is 458. The van der Waals surface area contributed by atoms with Gasteiger partial charge in [-0.05, 0) is 74.7 Å². The summed E-state index contributed by atoms with van der Waals surface area (Å²) in [5, 5.41) is 3.56. The highest BCUT2D eigenvalue weighted by molar-refractivity contribution is 9.10. The molecule has 0 fully saturated rings. The molecular weight excluding hydrogens is 330 g/mol. The number of rotatable bonds is 8. The summed E-state index contributed by atoms with van der Waals surface area (Å²) in [5.41, 5.74) is 1.31. The van der Waals surface area contributed by atoms with Gasteiger partial charge in [-0.3, -0.25) is 0 Å². The first-order valence-electron chi connectivity index (χ1n) is 7.66. The van der Waals surface area contributed by atoms with Gasteiger partial charge in [-0.2, -0.15) is 0 Å². The van der Waals surface area contributed by atoms with Crippen LogP contribution in [0.4, 0.5) is 0 Å². The van der Waals surface area contributed by atoms with Crippen molar-refractivity contribution in [2.75, 3.05) is 6.61 Å². The van der Waals surface area contributed by atoms with E-state index in [1.807, 2.05) is 20.8 Å². The third-order valence-electron chi connectivity index (χ3n) is 3.38. The highest BCUT2D eigenvalue weighted by atomic mass is 79.9. The van der Waals surface area contributed by atoms with E-state index >= 15 is 0 Å². The minimum Gasteiger partial charge on any atom is -0.490 e. The van der Waals surface area contributed by atoms with Gasteiger partial charge in [0.2, 0.25) is 0 Å². The quantitative estimate of drug-likeness (QED) is 0.716. The summed E-state index contributed by atoms with van der Waals surface area (Å²) in [6, 6.07) is 4.16. The molecule has 0 saturated carbocycles. The van der Waals surface area contributed by atoms with E-state index in [1.54, 1.807) is 0 Å². The molecule has 0 aromatic heterocycles. The van der Waals surface area contributed by atoms with E-state index in [4.69, 9.17) is 9.47 Å². The molecule has 1 N–H and O–H groups in total. The number of benzene rings is 1. The predicted octanol–water partition coefficient (Wildman–Crippen LogP) is 4.91. The summed E-state index contributed by atoms with van der Waals surface area (Å²) in [5.74, 6) is 1.58. The maximum atomic E-state index is 5.86. The maximum Gasteiger partial charge on any atom is 0.175 e. The molecule has 1 aromatic rings. The van der Waals surface area contributed by atoms with E-state index in [9.17, 15) is 0 Å². The molecule has 0 heterocycles. The van der Waals surface area contributed by atoms with Gasteiger partial charge < -0.3 is 14.8 Å². The first-order chi connectivity index (χ1) is 9.79. The summed E-state index contributed by atoms with van der Waals surface area (Å²) in [7, 11) is 0. The molecule has 0 unspecified atom stereocenters. The summed E-state index contributed by atoms with van der Waals surface area (Å²) >= 11 is 3.60. The van der Waals surface area contributed by atoms with Crippen LogP contribution in [-0.4, -0.2) is 18.2 Å². The summed E-state index contributed by atoms with van der Waals surface area (Å²) in [4.78, 5) is 0. The third-order valence-corrected chi connectivity index (χ3v) is 3.97. The van der Waals surface area contributed by atoms with Crippen molar-refractivity contribution in [3.05, 3.63) is 22.2 Å². The lowest BCUT2D eigenvalue weighted by atomic mass is 10.0. The first kappa shape index (κ1) is 18.3. The van der Waals surface area contributed by atoms with Crippen LogP contribution in [0.15, 0.2) is 16.6 Å². The lowest BCUT2D eigenvalue weighted by molar-refractivity contribution is 0.222. The molecule has 0 aliphatic rings. The van der Waals surface area contributed by atoms with E-state index in [2.05, 4.69) is 54.2 Å². The van der Waals surface area contributed by atoms with Crippen molar-refractivity contribution in [2.45, 2.75) is 66.2 Å². The van der Waals surface area contributed by atoms with E-state index in [-0.39, 0.29) is 11.6 Å². The van der Waals surface area contributed by atoms with E-state index < -0.39 is 0 Å². The second-order valence-corrected chi connectivity index (χ2v) is 6.95. The Morgan fingerprint density at radius 1 is 1.24 bits per heavy atom. The van der Waals surface area contributed by atoms with Crippen LogP contribution in [0, 0.1) is 0 Å². The van der Waals surface area contributed by atoms with Gasteiger partial charge in [0.15, 0.2) is 11.5 Å². The zero-order valence-electron chi connectivity index (χ0n) is 14.0. The van der Waals surface area contributed by atoms with Crippen molar-refractivity contribution in [1.29, 1.82) is 0 Å². The molecule has 1 rings (SSSR count). The van der Waals surface area contributed by atoms with E-state index in [0.717, 1.165) is 28.9 Å². The van der Waals surface area contributed by atoms with Crippen LogP contribution in [0.2, 0.25) is 0 Å². The fourth-order valence-corrected chi connectivity index (χ4v) is 2.39. The lowest BCUT2D eigenvalue weighted by Gasteiger charge is -2.25. The standard InChI is InChI=1S/C17H28BrNO2/c1-7-17(5,6)19-11-13-9-14(18)16(21-12(3)4)15(10-13)20-8-2/h9-10,12,19H,7-8,11H2,1-6H3. The average molecular weight is 358 g/mol. The van der Waals surface area contributed by atoms with Gasteiger partial charge in [-0.15, -0.1) is 0 Å². The number of hydrogen-bond donors (Lipinski definition) is 1. The van der Waals surface area contributed by atoms with E-state index in [0.29, 0.717) is 6.61 Å².